The zero-order valence-corrected chi connectivity index (χ0v) is 43.4. The van der Waals surface area contributed by atoms with Crippen molar-refractivity contribution in [2.75, 3.05) is 19.8 Å². The third kappa shape index (κ3) is 53.4. The third-order valence-corrected chi connectivity index (χ3v) is 11.6. The van der Waals surface area contributed by atoms with E-state index < -0.39 is 6.10 Å². The lowest BCUT2D eigenvalue weighted by atomic mass is 10.0. The molecule has 0 radical (unpaired) electrons. The summed E-state index contributed by atoms with van der Waals surface area (Å²) in [5.41, 5.74) is 0. The average molecular weight is 917 g/mol. The fourth-order valence-corrected chi connectivity index (χ4v) is 7.47. The molecule has 5 nitrogen and oxygen atoms in total. The number of carbonyl (C=O) groups excluding carboxylic acids is 2. The van der Waals surface area contributed by atoms with Gasteiger partial charge >= 0.3 is 11.9 Å². The molecule has 0 aliphatic rings. The first-order valence-corrected chi connectivity index (χ1v) is 27.8. The Kier molecular flexibility index (Phi) is 53.4. The van der Waals surface area contributed by atoms with E-state index >= 15 is 0 Å². The van der Waals surface area contributed by atoms with E-state index in [-0.39, 0.29) is 25.2 Å². The first-order valence-electron chi connectivity index (χ1n) is 27.8. The number of rotatable bonds is 50. The summed E-state index contributed by atoms with van der Waals surface area (Å²) in [6.45, 7) is 7.51. The predicted octanol–water partition coefficient (Wildman–Crippen LogP) is 19.0. The zero-order chi connectivity index (χ0) is 47.7. The Hall–Kier alpha value is -3.18. The molecule has 1 atom stereocenters. The average Bonchev–Trinajstić information content (AvgIpc) is 3.32. The van der Waals surface area contributed by atoms with Gasteiger partial charge in [-0.25, -0.2) is 0 Å². The Balaban J connectivity index is 4.40. The summed E-state index contributed by atoms with van der Waals surface area (Å²) in [6.07, 6.45) is 75.9. The highest BCUT2D eigenvalue weighted by Crippen LogP contribution is 2.15. The van der Waals surface area contributed by atoms with Crippen LogP contribution in [-0.2, 0) is 23.8 Å². The molecule has 0 bridgehead atoms. The van der Waals surface area contributed by atoms with Crippen molar-refractivity contribution in [3.05, 3.63) is 97.2 Å². The Bertz CT molecular complexity index is 1270. The van der Waals surface area contributed by atoms with Gasteiger partial charge in [0.05, 0.1) is 0 Å². The maximum absolute atomic E-state index is 12.6. The van der Waals surface area contributed by atoms with Gasteiger partial charge in [0.15, 0.2) is 0 Å². The molecule has 0 aliphatic heterocycles. The molecule has 0 heterocycles. The van der Waals surface area contributed by atoms with Crippen LogP contribution in [0.25, 0.3) is 0 Å². The monoisotopic (exact) mass is 917 g/mol. The first-order chi connectivity index (χ1) is 32.6. The normalized spacial score (nSPS) is 13.0. The van der Waals surface area contributed by atoms with Crippen LogP contribution in [0.4, 0.5) is 0 Å². The van der Waals surface area contributed by atoms with E-state index in [2.05, 4.69) is 118 Å². The van der Waals surface area contributed by atoms with Gasteiger partial charge in [-0.2, -0.15) is 0 Å². The number of hydrogen-bond acceptors (Lipinski definition) is 5. The largest absolute Gasteiger partial charge is 0.463 e. The molecule has 0 unspecified atom stereocenters. The van der Waals surface area contributed by atoms with Gasteiger partial charge in [0, 0.05) is 19.4 Å². The molecular weight excluding hydrogens is 813 g/mol. The maximum Gasteiger partial charge on any atom is 0.305 e. The Morgan fingerprint density at radius 1 is 0.333 bits per heavy atom. The van der Waals surface area contributed by atoms with Crippen molar-refractivity contribution in [3.8, 4) is 0 Å². The van der Waals surface area contributed by atoms with Crippen molar-refractivity contribution in [1.29, 1.82) is 0 Å². The number of esters is 2. The molecule has 0 aromatic rings. The van der Waals surface area contributed by atoms with Crippen LogP contribution in [-0.4, -0.2) is 37.9 Å². The van der Waals surface area contributed by atoms with E-state index in [0.29, 0.717) is 19.4 Å². The number of ether oxygens (including phenoxy) is 3. The number of unbranched alkanes of at least 4 members (excludes halogenated alkanes) is 23. The highest BCUT2D eigenvalue weighted by atomic mass is 16.6. The second-order valence-corrected chi connectivity index (χ2v) is 18.1. The van der Waals surface area contributed by atoms with Crippen LogP contribution in [0.3, 0.4) is 0 Å². The smallest absolute Gasteiger partial charge is 0.305 e. The minimum Gasteiger partial charge on any atom is -0.463 e. The van der Waals surface area contributed by atoms with Gasteiger partial charge in [-0.15, -0.1) is 0 Å². The molecule has 0 rings (SSSR count). The fourth-order valence-electron chi connectivity index (χ4n) is 7.47. The van der Waals surface area contributed by atoms with Gasteiger partial charge in [-0.05, 0) is 96.3 Å². The lowest BCUT2D eigenvalue weighted by molar-refractivity contribution is -0.155. The molecule has 0 saturated carbocycles. The van der Waals surface area contributed by atoms with E-state index in [1.165, 1.54) is 116 Å². The predicted molar refractivity (Wildman–Crippen MR) is 288 cm³/mol. The van der Waals surface area contributed by atoms with E-state index in [9.17, 15) is 9.59 Å². The molecule has 0 aromatic heterocycles. The third-order valence-electron chi connectivity index (χ3n) is 11.6. The molecule has 5 heteroatoms. The number of allylic oxidation sites excluding steroid dienone is 16. The zero-order valence-electron chi connectivity index (χ0n) is 43.4. The van der Waals surface area contributed by atoms with E-state index in [4.69, 9.17) is 14.2 Å². The van der Waals surface area contributed by atoms with Crippen LogP contribution in [0.2, 0.25) is 0 Å². The summed E-state index contributed by atoms with van der Waals surface area (Å²) in [4.78, 5) is 25.3. The maximum atomic E-state index is 12.6. The topological polar surface area (TPSA) is 61.8 Å². The van der Waals surface area contributed by atoms with Gasteiger partial charge in [-0.3, -0.25) is 9.59 Å². The van der Waals surface area contributed by atoms with Crippen LogP contribution in [0, 0.1) is 0 Å². The quantitative estimate of drug-likeness (QED) is 0.0346. The molecule has 0 spiro atoms. The first kappa shape index (κ1) is 62.8. The SMILES string of the molecule is CC/C=C\C/C=C\C/C=C\C/C=C\CCCCCCC(=O)OC[C@H](COC(=O)CCC/C=C\C/C=C\C/C=C\C/C=C\CCCCC)OCCCCCCCCCCCCCCCCCC. The van der Waals surface area contributed by atoms with Gasteiger partial charge in [0.1, 0.15) is 19.3 Å². The van der Waals surface area contributed by atoms with Crippen molar-refractivity contribution in [2.24, 2.45) is 0 Å². The van der Waals surface area contributed by atoms with Gasteiger partial charge in [-0.1, -0.05) is 240 Å². The second kappa shape index (κ2) is 56.1. The Morgan fingerprint density at radius 3 is 1.06 bits per heavy atom. The number of carbonyl (C=O) groups is 2. The molecule has 0 saturated heterocycles. The van der Waals surface area contributed by atoms with Crippen LogP contribution in [0.1, 0.15) is 252 Å². The van der Waals surface area contributed by atoms with Crippen LogP contribution in [0.15, 0.2) is 97.2 Å². The minimum atomic E-state index is -0.436. The van der Waals surface area contributed by atoms with Crippen molar-refractivity contribution < 1.29 is 23.8 Å². The van der Waals surface area contributed by atoms with Crippen molar-refractivity contribution in [3.63, 3.8) is 0 Å². The molecule has 0 aliphatic carbocycles. The molecule has 0 amide bonds. The lowest BCUT2D eigenvalue weighted by Gasteiger charge is -2.18. The summed E-state index contributed by atoms with van der Waals surface area (Å²) in [6, 6.07) is 0. The Labute approximate surface area is 409 Å². The highest BCUT2D eigenvalue weighted by molar-refractivity contribution is 5.69. The summed E-state index contributed by atoms with van der Waals surface area (Å²) >= 11 is 0. The molecule has 66 heavy (non-hydrogen) atoms. The lowest BCUT2D eigenvalue weighted by Crippen LogP contribution is -2.29. The van der Waals surface area contributed by atoms with E-state index in [0.717, 1.165) is 103 Å². The van der Waals surface area contributed by atoms with E-state index in [1.807, 2.05) is 0 Å². The van der Waals surface area contributed by atoms with Gasteiger partial charge in [0.2, 0.25) is 0 Å². The Morgan fingerprint density at radius 2 is 0.636 bits per heavy atom. The molecule has 378 valence electrons. The fraction of sp³-hybridized carbons (Fsp3) is 0.705. The summed E-state index contributed by atoms with van der Waals surface area (Å²) < 4.78 is 17.4. The number of hydrogen-bond donors (Lipinski definition) is 0. The van der Waals surface area contributed by atoms with Gasteiger partial charge in [0.25, 0.3) is 0 Å². The van der Waals surface area contributed by atoms with Crippen molar-refractivity contribution in [2.45, 2.75) is 258 Å². The second-order valence-electron chi connectivity index (χ2n) is 18.1. The minimum absolute atomic E-state index is 0.118. The van der Waals surface area contributed by atoms with Crippen LogP contribution < -0.4 is 0 Å². The molecular formula is C61H104O5. The summed E-state index contributed by atoms with van der Waals surface area (Å²) in [7, 11) is 0. The van der Waals surface area contributed by atoms with E-state index in [1.54, 1.807) is 0 Å². The van der Waals surface area contributed by atoms with Crippen LogP contribution in [0.5, 0.6) is 0 Å². The summed E-state index contributed by atoms with van der Waals surface area (Å²) in [5, 5.41) is 0. The van der Waals surface area contributed by atoms with Crippen molar-refractivity contribution >= 4 is 11.9 Å². The molecule has 0 fully saturated rings. The van der Waals surface area contributed by atoms with Crippen LogP contribution >= 0.6 is 0 Å². The highest BCUT2D eigenvalue weighted by Gasteiger charge is 2.16. The molecule has 0 N–H and O–H groups in total. The standard InChI is InChI=1S/C61H104O5/c1-4-7-10-13-16-19-22-25-28-31-33-36-39-42-45-48-51-54-60(62)65-57-59(64-56-53-50-47-44-41-38-35-30-27-24-21-18-15-12-9-6-3)58-66-61(63)55-52-49-46-43-40-37-34-32-29-26-23-20-17-14-11-8-5-2/h7,10,16-17,19-20,25-26,28-29,33-34,36-37,43,46,59H,4-6,8-9,11-15,18,21-24,27,30-32,35,38-42,44-45,47-58H2,1-3H3/b10-7-,19-16-,20-17-,28-25-,29-26-,36-33-,37-34-,46-43-/t59-/m1/s1. The molecule has 0 aromatic carbocycles. The van der Waals surface area contributed by atoms with Crippen molar-refractivity contribution in [1.82, 2.24) is 0 Å². The van der Waals surface area contributed by atoms with Gasteiger partial charge < -0.3 is 14.2 Å². The summed E-state index contributed by atoms with van der Waals surface area (Å²) in [5.74, 6) is -0.422.